The van der Waals surface area contributed by atoms with Crippen molar-refractivity contribution in [3.63, 3.8) is 0 Å². The molecule has 3 heteroatoms. The molecule has 1 aromatic rings. The number of carbonyl (C=O) groups excluding carboxylic acids is 1. The van der Waals surface area contributed by atoms with Gasteiger partial charge in [0.1, 0.15) is 0 Å². The molecule has 0 heterocycles. The van der Waals surface area contributed by atoms with Gasteiger partial charge in [-0.3, -0.25) is 4.79 Å². The zero-order valence-corrected chi connectivity index (χ0v) is 9.05. The number of ketones is 1. The molecule has 15 heavy (non-hydrogen) atoms. The van der Waals surface area contributed by atoms with Gasteiger partial charge in [0.15, 0.2) is 5.78 Å². The molecule has 1 aliphatic carbocycles. The number of hydrogen-bond acceptors (Lipinski definition) is 2. The predicted molar refractivity (Wildman–Crippen MR) is 62.0 cm³/mol. The minimum absolute atomic E-state index is 0.254. The number of Topliss-reactive ketones (excluding diaryl/α,β-unsaturated/α-hetero) is 1. The summed E-state index contributed by atoms with van der Waals surface area (Å²) in [6, 6.07) is 7.45. The minimum Gasteiger partial charge on any atom is -0.361 e. The maximum Gasteiger partial charge on any atom is 0.160 e. The number of hydrogen-bond donors (Lipinski definition) is 1. The number of carbonyl (C=O) groups is 1. The highest BCUT2D eigenvalue weighted by molar-refractivity contribution is 6.30. The molecule has 0 unspecified atom stereocenters. The Labute approximate surface area is 93.9 Å². The van der Waals surface area contributed by atoms with E-state index in [1.807, 2.05) is 24.3 Å². The van der Waals surface area contributed by atoms with Crippen LogP contribution in [0.2, 0.25) is 5.02 Å². The number of rotatable bonds is 2. The summed E-state index contributed by atoms with van der Waals surface area (Å²) in [4.78, 5) is 11.3. The number of anilines is 1. The van der Waals surface area contributed by atoms with E-state index in [1.165, 1.54) is 0 Å². The second-order valence-electron chi connectivity index (χ2n) is 3.60. The topological polar surface area (TPSA) is 29.1 Å². The molecule has 1 N–H and O–H groups in total. The molecule has 0 aliphatic heterocycles. The van der Waals surface area contributed by atoms with E-state index in [9.17, 15) is 4.79 Å². The molecule has 0 bridgehead atoms. The zero-order chi connectivity index (χ0) is 10.7. The van der Waals surface area contributed by atoms with Crippen LogP contribution in [0.1, 0.15) is 19.3 Å². The first-order valence-corrected chi connectivity index (χ1v) is 5.38. The molecule has 0 amide bonds. The highest BCUT2D eigenvalue weighted by Crippen LogP contribution is 2.21. The third-order valence-corrected chi connectivity index (χ3v) is 2.68. The van der Waals surface area contributed by atoms with E-state index in [0.29, 0.717) is 11.4 Å². The summed E-state index contributed by atoms with van der Waals surface area (Å²) in [6.45, 7) is 0. The van der Waals surface area contributed by atoms with E-state index in [1.54, 1.807) is 6.20 Å². The molecule has 78 valence electrons. The van der Waals surface area contributed by atoms with Crippen molar-refractivity contribution >= 4 is 23.1 Å². The summed E-state index contributed by atoms with van der Waals surface area (Å²) in [6.07, 6.45) is 4.33. The summed E-state index contributed by atoms with van der Waals surface area (Å²) < 4.78 is 0. The Balaban J connectivity index is 2.06. The fraction of sp³-hybridized carbons (Fsp3) is 0.250. The smallest absolute Gasteiger partial charge is 0.160 e. The van der Waals surface area contributed by atoms with Crippen molar-refractivity contribution in [3.05, 3.63) is 41.1 Å². The molecular weight excluding hydrogens is 210 g/mol. The average molecular weight is 222 g/mol. The van der Waals surface area contributed by atoms with Crippen molar-refractivity contribution in [2.75, 3.05) is 5.32 Å². The van der Waals surface area contributed by atoms with E-state index >= 15 is 0 Å². The summed E-state index contributed by atoms with van der Waals surface area (Å²) in [5.74, 6) is 0.254. The van der Waals surface area contributed by atoms with Crippen molar-refractivity contribution in [2.45, 2.75) is 19.3 Å². The number of allylic oxidation sites excluding steroid dienone is 1. The SMILES string of the molecule is O=C1CCC/C1=C/Nc1cccc(Cl)c1. The predicted octanol–water partition coefficient (Wildman–Crippen LogP) is 3.39. The molecule has 2 nitrogen and oxygen atoms in total. The minimum atomic E-state index is 0.254. The van der Waals surface area contributed by atoms with E-state index in [2.05, 4.69) is 5.32 Å². The summed E-state index contributed by atoms with van der Waals surface area (Å²) in [7, 11) is 0. The van der Waals surface area contributed by atoms with Crippen LogP contribution in [0.4, 0.5) is 5.69 Å². The molecule has 0 aromatic heterocycles. The van der Waals surface area contributed by atoms with E-state index in [0.717, 1.165) is 24.1 Å². The van der Waals surface area contributed by atoms with Gasteiger partial charge >= 0.3 is 0 Å². The monoisotopic (exact) mass is 221 g/mol. The third kappa shape index (κ3) is 2.60. The van der Waals surface area contributed by atoms with Crippen molar-refractivity contribution < 1.29 is 4.79 Å². The molecule has 1 aliphatic rings. The zero-order valence-electron chi connectivity index (χ0n) is 8.29. The van der Waals surface area contributed by atoms with Gasteiger partial charge in [-0.15, -0.1) is 0 Å². The first-order chi connectivity index (χ1) is 7.25. The maximum absolute atomic E-state index is 11.3. The maximum atomic E-state index is 11.3. The normalized spacial score (nSPS) is 18.5. The van der Waals surface area contributed by atoms with Gasteiger partial charge in [0.2, 0.25) is 0 Å². The molecule has 0 atom stereocenters. The lowest BCUT2D eigenvalue weighted by molar-refractivity contribution is -0.114. The molecular formula is C12H12ClNO. The second kappa shape index (κ2) is 4.49. The molecule has 1 aromatic carbocycles. The largest absolute Gasteiger partial charge is 0.361 e. The van der Waals surface area contributed by atoms with E-state index < -0.39 is 0 Å². The standard InChI is InChI=1S/C12H12ClNO/c13-10-4-2-5-11(7-10)14-8-9-3-1-6-12(9)15/h2,4-5,7-8,14H,1,3,6H2/b9-8-. The van der Waals surface area contributed by atoms with Crippen molar-refractivity contribution in [1.29, 1.82) is 0 Å². The van der Waals surface area contributed by atoms with Crippen LogP contribution >= 0.6 is 11.6 Å². The molecule has 2 rings (SSSR count). The average Bonchev–Trinajstić information content (AvgIpc) is 2.61. The van der Waals surface area contributed by atoms with Crippen molar-refractivity contribution in [1.82, 2.24) is 0 Å². The molecule has 0 radical (unpaired) electrons. The van der Waals surface area contributed by atoms with Crippen LogP contribution in [-0.2, 0) is 4.79 Å². The van der Waals surface area contributed by atoms with Gasteiger partial charge in [0, 0.05) is 28.9 Å². The fourth-order valence-corrected chi connectivity index (χ4v) is 1.83. The number of benzene rings is 1. The van der Waals surface area contributed by atoms with Gasteiger partial charge in [-0.2, -0.15) is 0 Å². The quantitative estimate of drug-likeness (QED) is 0.776. The highest BCUT2D eigenvalue weighted by atomic mass is 35.5. The highest BCUT2D eigenvalue weighted by Gasteiger charge is 2.16. The van der Waals surface area contributed by atoms with Crippen LogP contribution < -0.4 is 5.32 Å². The van der Waals surface area contributed by atoms with Crippen LogP contribution in [0.25, 0.3) is 0 Å². The summed E-state index contributed by atoms with van der Waals surface area (Å²) >= 11 is 5.84. The first-order valence-electron chi connectivity index (χ1n) is 5.00. The number of halogens is 1. The molecule has 1 fully saturated rings. The summed E-state index contributed by atoms with van der Waals surface area (Å²) in [5, 5.41) is 3.78. The Bertz CT molecular complexity index is 412. The second-order valence-corrected chi connectivity index (χ2v) is 4.04. The van der Waals surface area contributed by atoms with Gasteiger partial charge in [0.25, 0.3) is 0 Å². The third-order valence-electron chi connectivity index (χ3n) is 2.45. The Kier molecular flexibility index (Phi) is 3.07. The van der Waals surface area contributed by atoms with Gasteiger partial charge < -0.3 is 5.32 Å². The molecule has 0 spiro atoms. The van der Waals surface area contributed by atoms with Gasteiger partial charge in [-0.1, -0.05) is 17.7 Å². The van der Waals surface area contributed by atoms with Gasteiger partial charge in [0.05, 0.1) is 0 Å². The van der Waals surface area contributed by atoms with Crippen LogP contribution in [0.3, 0.4) is 0 Å². The van der Waals surface area contributed by atoms with Crippen LogP contribution in [0.15, 0.2) is 36.0 Å². The lowest BCUT2D eigenvalue weighted by Gasteiger charge is -2.02. The molecule has 1 saturated carbocycles. The van der Waals surface area contributed by atoms with Crippen LogP contribution in [0, 0.1) is 0 Å². The van der Waals surface area contributed by atoms with Gasteiger partial charge in [-0.05, 0) is 31.0 Å². The van der Waals surface area contributed by atoms with E-state index in [4.69, 9.17) is 11.6 Å². The Morgan fingerprint density at radius 2 is 2.20 bits per heavy atom. The lowest BCUT2D eigenvalue weighted by atomic mass is 10.2. The van der Waals surface area contributed by atoms with Gasteiger partial charge in [-0.25, -0.2) is 0 Å². The lowest BCUT2D eigenvalue weighted by Crippen LogP contribution is -1.96. The van der Waals surface area contributed by atoms with Crippen molar-refractivity contribution in [2.24, 2.45) is 0 Å². The fourth-order valence-electron chi connectivity index (χ4n) is 1.64. The molecule has 0 saturated heterocycles. The van der Waals surface area contributed by atoms with Crippen LogP contribution in [-0.4, -0.2) is 5.78 Å². The Morgan fingerprint density at radius 3 is 2.87 bits per heavy atom. The number of nitrogens with one attached hydrogen (secondary N) is 1. The Hall–Kier alpha value is -1.28. The van der Waals surface area contributed by atoms with Crippen LogP contribution in [0.5, 0.6) is 0 Å². The Morgan fingerprint density at radius 1 is 1.33 bits per heavy atom. The van der Waals surface area contributed by atoms with E-state index in [-0.39, 0.29) is 5.78 Å². The van der Waals surface area contributed by atoms with Crippen molar-refractivity contribution in [3.8, 4) is 0 Å². The summed E-state index contributed by atoms with van der Waals surface area (Å²) in [5.41, 5.74) is 1.80. The first kappa shape index (κ1) is 10.2.